The van der Waals surface area contributed by atoms with E-state index in [-0.39, 0.29) is 27.8 Å². The molecule has 0 aliphatic heterocycles. The smallest absolute Gasteiger partial charge is 0.355 e. The van der Waals surface area contributed by atoms with E-state index < -0.39 is 35.8 Å². The van der Waals surface area contributed by atoms with Gasteiger partial charge in [-0.05, 0) is 44.3 Å². The number of aromatic nitrogens is 3. The van der Waals surface area contributed by atoms with E-state index in [0.717, 1.165) is 36.5 Å². The maximum atomic E-state index is 14.4. The molecule has 0 aliphatic rings. The number of esters is 1. The van der Waals surface area contributed by atoms with Crippen molar-refractivity contribution in [1.29, 1.82) is 0 Å². The lowest BCUT2D eigenvalue weighted by atomic mass is 10.2. The topological polar surface area (TPSA) is 75.3 Å². The Morgan fingerprint density at radius 3 is 2.59 bits per heavy atom. The molecule has 2 rings (SSSR count). The number of benzene rings is 1. The Kier molecular flexibility index (Phi) is 9.95. The Bertz CT molecular complexity index is 984. The van der Waals surface area contributed by atoms with Crippen LogP contribution in [0.2, 0.25) is 5.02 Å². The van der Waals surface area contributed by atoms with E-state index in [1.54, 1.807) is 11.8 Å². The summed E-state index contributed by atoms with van der Waals surface area (Å²) >= 11 is 7.79. The van der Waals surface area contributed by atoms with Crippen molar-refractivity contribution in [3.8, 4) is 11.4 Å². The molecule has 1 aromatic carbocycles. The number of carbonyl (C=O) groups is 1. The molecule has 0 amide bonds. The third kappa shape index (κ3) is 6.68. The van der Waals surface area contributed by atoms with Gasteiger partial charge in [0.25, 0.3) is 0 Å². The molecule has 0 radical (unpaired) electrons. The van der Waals surface area contributed by atoms with E-state index in [1.165, 1.54) is 13.8 Å². The molecule has 7 nitrogen and oxygen atoms in total. The standard InChI is InChI=1S/C20H25ClF3N3O4S/c1-4-5-8-32-9-6-7-30-18(28)12(2)31-17-11-16(15(22)10-14(17)21)27-20(29)26(19(23)24)13(3)25-27/h10-12,19H,4-9H2,1-3H3. The first-order chi connectivity index (χ1) is 15.2. The van der Waals surface area contributed by atoms with Gasteiger partial charge in [-0.2, -0.15) is 25.2 Å². The number of rotatable bonds is 12. The summed E-state index contributed by atoms with van der Waals surface area (Å²) in [5, 5.41) is 3.51. The van der Waals surface area contributed by atoms with E-state index in [1.807, 2.05) is 0 Å². The quantitative estimate of drug-likeness (QED) is 0.312. The highest BCUT2D eigenvalue weighted by atomic mass is 35.5. The molecule has 0 fully saturated rings. The minimum atomic E-state index is -3.14. The van der Waals surface area contributed by atoms with Crippen molar-refractivity contribution in [2.24, 2.45) is 0 Å². The van der Waals surface area contributed by atoms with Crippen molar-refractivity contribution < 1.29 is 27.4 Å². The van der Waals surface area contributed by atoms with Crippen LogP contribution in [0.5, 0.6) is 5.75 Å². The lowest BCUT2D eigenvalue weighted by Gasteiger charge is -2.16. The number of unbranched alkanes of at least 4 members (excludes halogenated alkanes) is 1. The fraction of sp³-hybridized carbons (Fsp3) is 0.550. The Labute approximate surface area is 192 Å². The minimum Gasteiger partial charge on any atom is -0.477 e. The highest BCUT2D eigenvalue weighted by molar-refractivity contribution is 7.99. The monoisotopic (exact) mass is 495 g/mol. The molecule has 1 heterocycles. The van der Waals surface area contributed by atoms with Crippen LogP contribution in [0.1, 0.15) is 45.5 Å². The van der Waals surface area contributed by atoms with Crippen molar-refractivity contribution in [2.45, 2.75) is 52.7 Å². The highest BCUT2D eigenvalue weighted by Crippen LogP contribution is 2.30. The SMILES string of the molecule is CCCCSCCCOC(=O)C(C)Oc1cc(-n2nc(C)n(C(F)F)c2=O)c(F)cc1Cl. The zero-order valence-electron chi connectivity index (χ0n) is 17.9. The molecule has 0 saturated carbocycles. The molecule has 32 heavy (non-hydrogen) atoms. The second kappa shape index (κ2) is 12.2. The number of ether oxygens (including phenoxy) is 2. The molecule has 178 valence electrons. The van der Waals surface area contributed by atoms with Gasteiger partial charge in [0.15, 0.2) is 11.9 Å². The fourth-order valence-electron chi connectivity index (χ4n) is 2.67. The predicted molar refractivity (Wildman–Crippen MR) is 117 cm³/mol. The largest absolute Gasteiger partial charge is 0.477 e. The molecule has 0 saturated heterocycles. The van der Waals surface area contributed by atoms with Gasteiger partial charge >= 0.3 is 18.2 Å². The van der Waals surface area contributed by atoms with Gasteiger partial charge in [-0.25, -0.2) is 18.5 Å². The summed E-state index contributed by atoms with van der Waals surface area (Å²) in [6.45, 7) is 1.83. The Hall–Kier alpha value is -2.14. The first-order valence-corrected chi connectivity index (χ1v) is 11.6. The highest BCUT2D eigenvalue weighted by Gasteiger charge is 2.23. The number of alkyl halides is 2. The number of hydrogen-bond acceptors (Lipinski definition) is 6. The Morgan fingerprint density at radius 1 is 1.28 bits per heavy atom. The first-order valence-electron chi connectivity index (χ1n) is 10.0. The van der Waals surface area contributed by atoms with E-state index in [4.69, 9.17) is 21.1 Å². The normalized spacial score (nSPS) is 12.2. The summed E-state index contributed by atoms with van der Waals surface area (Å²) in [7, 11) is 0. The van der Waals surface area contributed by atoms with Gasteiger partial charge in [-0.15, -0.1) is 5.10 Å². The van der Waals surface area contributed by atoms with Crippen molar-refractivity contribution >= 4 is 29.3 Å². The van der Waals surface area contributed by atoms with Crippen LogP contribution in [0.4, 0.5) is 13.2 Å². The molecule has 0 spiro atoms. The summed E-state index contributed by atoms with van der Waals surface area (Å²) in [6, 6.07) is 1.87. The van der Waals surface area contributed by atoms with E-state index >= 15 is 0 Å². The van der Waals surface area contributed by atoms with Crippen LogP contribution >= 0.6 is 23.4 Å². The molecular weight excluding hydrogens is 471 g/mol. The molecule has 0 bridgehead atoms. The van der Waals surface area contributed by atoms with E-state index in [0.29, 0.717) is 11.1 Å². The zero-order valence-corrected chi connectivity index (χ0v) is 19.5. The van der Waals surface area contributed by atoms with Crippen LogP contribution in [0.15, 0.2) is 16.9 Å². The van der Waals surface area contributed by atoms with Crippen LogP contribution in [-0.2, 0) is 9.53 Å². The summed E-state index contributed by atoms with van der Waals surface area (Å²) in [5.74, 6) is -0.104. The lowest BCUT2D eigenvalue weighted by Crippen LogP contribution is -2.27. The average Bonchev–Trinajstić information content (AvgIpc) is 3.02. The number of carbonyl (C=O) groups excluding carboxylic acids is 1. The third-order valence-corrected chi connectivity index (χ3v) is 5.81. The van der Waals surface area contributed by atoms with Gasteiger partial charge in [0, 0.05) is 6.07 Å². The number of hydrogen-bond donors (Lipinski definition) is 0. The molecule has 0 aliphatic carbocycles. The number of aryl methyl sites for hydroxylation is 1. The van der Waals surface area contributed by atoms with Crippen molar-refractivity contribution in [2.75, 3.05) is 18.1 Å². The van der Waals surface area contributed by atoms with E-state index in [9.17, 15) is 22.8 Å². The van der Waals surface area contributed by atoms with E-state index in [2.05, 4.69) is 12.0 Å². The van der Waals surface area contributed by atoms with Gasteiger partial charge < -0.3 is 9.47 Å². The molecular formula is C20H25ClF3N3O4S. The van der Waals surface area contributed by atoms with Gasteiger partial charge in [-0.1, -0.05) is 24.9 Å². The molecule has 2 aromatic rings. The van der Waals surface area contributed by atoms with Crippen molar-refractivity contribution in [1.82, 2.24) is 14.3 Å². The second-order valence-corrected chi connectivity index (χ2v) is 8.50. The first kappa shape index (κ1) is 26.1. The molecule has 12 heteroatoms. The summed E-state index contributed by atoms with van der Waals surface area (Å²) in [5.41, 5.74) is -1.67. The number of thioether (sulfide) groups is 1. The molecule has 1 unspecified atom stereocenters. The predicted octanol–water partition coefficient (Wildman–Crippen LogP) is 4.76. The molecule has 1 aromatic heterocycles. The van der Waals surface area contributed by atoms with Gasteiger partial charge in [0.2, 0.25) is 0 Å². The summed E-state index contributed by atoms with van der Waals surface area (Å²) in [6.07, 6.45) is 1.90. The fourth-order valence-corrected chi connectivity index (χ4v) is 3.88. The lowest BCUT2D eigenvalue weighted by molar-refractivity contribution is -0.151. The van der Waals surface area contributed by atoms with Gasteiger partial charge in [0.1, 0.15) is 17.3 Å². The third-order valence-electron chi connectivity index (χ3n) is 4.36. The van der Waals surface area contributed by atoms with Crippen LogP contribution < -0.4 is 10.4 Å². The maximum Gasteiger partial charge on any atom is 0.355 e. The zero-order chi connectivity index (χ0) is 23.8. The summed E-state index contributed by atoms with van der Waals surface area (Å²) in [4.78, 5) is 24.4. The number of nitrogens with zero attached hydrogens (tertiary/aromatic N) is 3. The minimum absolute atomic E-state index is 0.120. The van der Waals surface area contributed by atoms with Gasteiger partial charge in [0.05, 0.1) is 11.6 Å². The van der Waals surface area contributed by atoms with Crippen LogP contribution in [-0.4, -0.2) is 44.5 Å². The second-order valence-electron chi connectivity index (χ2n) is 6.87. The molecule has 1 atom stereocenters. The van der Waals surface area contributed by atoms with Crippen LogP contribution in [0.3, 0.4) is 0 Å². The summed E-state index contributed by atoms with van der Waals surface area (Å²) < 4.78 is 51.8. The Morgan fingerprint density at radius 2 is 1.97 bits per heavy atom. The van der Waals surface area contributed by atoms with Crippen molar-refractivity contribution in [3.63, 3.8) is 0 Å². The van der Waals surface area contributed by atoms with Crippen LogP contribution in [0.25, 0.3) is 5.69 Å². The van der Waals surface area contributed by atoms with Crippen molar-refractivity contribution in [3.05, 3.63) is 39.3 Å². The molecule has 0 N–H and O–H groups in total. The number of halogens is 4. The maximum absolute atomic E-state index is 14.4. The van der Waals surface area contributed by atoms with Crippen LogP contribution in [0, 0.1) is 12.7 Å². The Balaban J connectivity index is 2.08. The van der Waals surface area contributed by atoms with Gasteiger partial charge in [-0.3, -0.25) is 0 Å². The average molecular weight is 496 g/mol.